The van der Waals surface area contributed by atoms with Crippen molar-refractivity contribution in [3.8, 4) is 0 Å². The molecule has 7 heteroatoms. The molecule has 5 nitrogen and oxygen atoms in total. The number of aryl methyl sites for hydroxylation is 1. The van der Waals surface area contributed by atoms with Crippen molar-refractivity contribution in [3.05, 3.63) is 52.8 Å². The maximum Gasteiger partial charge on any atom is 0.237 e. The van der Waals surface area contributed by atoms with Gasteiger partial charge in [0.1, 0.15) is 5.15 Å². The maximum absolute atomic E-state index is 12.1. The van der Waals surface area contributed by atoms with Gasteiger partial charge in [0, 0.05) is 5.69 Å². The van der Waals surface area contributed by atoms with Crippen LogP contribution < -0.4 is 10.5 Å². The summed E-state index contributed by atoms with van der Waals surface area (Å²) >= 11 is 5.73. The molecule has 2 aromatic rings. The molecule has 0 aliphatic heterocycles. The van der Waals surface area contributed by atoms with Gasteiger partial charge in [-0.15, -0.1) is 0 Å². The van der Waals surface area contributed by atoms with Crippen molar-refractivity contribution in [2.24, 2.45) is 0 Å². The molecule has 0 radical (unpaired) electrons. The Balaban J connectivity index is 2.22. The van der Waals surface area contributed by atoms with Gasteiger partial charge in [0.25, 0.3) is 0 Å². The molecule has 0 saturated heterocycles. The summed E-state index contributed by atoms with van der Waals surface area (Å²) in [6.07, 6.45) is 0. The monoisotopic (exact) mass is 311 g/mol. The van der Waals surface area contributed by atoms with Gasteiger partial charge in [-0.25, -0.2) is 13.4 Å². The molecule has 3 N–H and O–H groups in total. The SMILES string of the molecule is Cc1nc(Cl)ccc1NS(=O)(=O)Cc1ccccc1N. The van der Waals surface area contributed by atoms with Gasteiger partial charge in [-0.3, -0.25) is 4.72 Å². The van der Waals surface area contributed by atoms with Crippen LogP contribution in [0.25, 0.3) is 0 Å². The number of sulfonamides is 1. The fraction of sp³-hybridized carbons (Fsp3) is 0.154. The van der Waals surface area contributed by atoms with Crippen LogP contribution in [0.2, 0.25) is 5.15 Å². The Hall–Kier alpha value is -1.79. The van der Waals surface area contributed by atoms with Crippen molar-refractivity contribution < 1.29 is 8.42 Å². The number of nitrogen functional groups attached to an aromatic ring is 1. The second kappa shape index (κ2) is 5.68. The first-order valence-corrected chi connectivity index (χ1v) is 7.87. The number of hydrogen-bond donors (Lipinski definition) is 2. The molecule has 1 aromatic heterocycles. The first kappa shape index (κ1) is 14.6. The molecule has 0 unspecified atom stereocenters. The number of aromatic nitrogens is 1. The third-order valence-corrected chi connectivity index (χ3v) is 4.15. The number of anilines is 2. The van der Waals surface area contributed by atoms with Gasteiger partial charge in [0.05, 0.1) is 17.1 Å². The van der Waals surface area contributed by atoms with E-state index in [9.17, 15) is 8.42 Å². The van der Waals surface area contributed by atoms with Crippen LogP contribution in [0.1, 0.15) is 11.3 Å². The first-order valence-electron chi connectivity index (χ1n) is 5.84. The fourth-order valence-electron chi connectivity index (χ4n) is 1.71. The van der Waals surface area contributed by atoms with Crippen molar-refractivity contribution in [1.82, 2.24) is 4.98 Å². The molecule has 1 aromatic carbocycles. The molecule has 0 fully saturated rings. The predicted octanol–water partition coefficient (Wildman–Crippen LogP) is 2.57. The van der Waals surface area contributed by atoms with E-state index in [0.717, 1.165) is 0 Å². The third kappa shape index (κ3) is 3.61. The average molecular weight is 312 g/mol. The Morgan fingerprint density at radius 2 is 1.95 bits per heavy atom. The number of nitrogens with zero attached hydrogens (tertiary/aromatic N) is 1. The smallest absolute Gasteiger partial charge is 0.237 e. The number of halogens is 1. The molecule has 0 aliphatic rings. The Kier molecular flexibility index (Phi) is 4.15. The number of benzene rings is 1. The standard InChI is InChI=1S/C13H14ClN3O2S/c1-9-12(6-7-13(14)16-9)17-20(18,19)8-10-4-2-3-5-11(10)15/h2-7,17H,8,15H2,1H3. The molecule has 0 atom stereocenters. The Labute approximate surface area is 122 Å². The van der Waals surface area contributed by atoms with Crippen LogP contribution in [-0.2, 0) is 15.8 Å². The number of nitrogens with one attached hydrogen (secondary N) is 1. The van der Waals surface area contributed by atoms with Crippen LogP contribution in [-0.4, -0.2) is 13.4 Å². The van der Waals surface area contributed by atoms with Crippen LogP contribution in [0.15, 0.2) is 36.4 Å². The second-order valence-corrected chi connectivity index (χ2v) is 6.44. The number of para-hydroxylation sites is 1. The predicted molar refractivity (Wildman–Crippen MR) is 81.1 cm³/mol. The fourth-order valence-corrected chi connectivity index (χ4v) is 3.20. The van der Waals surface area contributed by atoms with E-state index in [1.807, 2.05) is 0 Å². The highest BCUT2D eigenvalue weighted by molar-refractivity contribution is 7.91. The zero-order chi connectivity index (χ0) is 14.8. The second-order valence-electron chi connectivity index (χ2n) is 4.33. The van der Waals surface area contributed by atoms with E-state index >= 15 is 0 Å². The highest BCUT2D eigenvalue weighted by atomic mass is 35.5. The third-order valence-electron chi connectivity index (χ3n) is 2.72. The van der Waals surface area contributed by atoms with Gasteiger partial charge in [-0.1, -0.05) is 29.8 Å². The lowest BCUT2D eigenvalue weighted by Crippen LogP contribution is -2.16. The quantitative estimate of drug-likeness (QED) is 0.671. The Morgan fingerprint density at radius 3 is 2.60 bits per heavy atom. The van der Waals surface area contributed by atoms with E-state index in [-0.39, 0.29) is 5.75 Å². The highest BCUT2D eigenvalue weighted by Crippen LogP contribution is 2.20. The lowest BCUT2D eigenvalue weighted by molar-refractivity contribution is 0.600. The van der Waals surface area contributed by atoms with Gasteiger partial charge in [0.15, 0.2) is 0 Å². The lowest BCUT2D eigenvalue weighted by Gasteiger charge is -2.11. The van der Waals surface area contributed by atoms with Crippen LogP contribution in [0, 0.1) is 6.92 Å². The molecule has 2 rings (SSSR count). The summed E-state index contributed by atoms with van der Waals surface area (Å²) in [4.78, 5) is 4.00. The van der Waals surface area contributed by atoms with Crippen molar-refractivity contribution in [2.45, 2.75) is 12.7 Å². The Morgan fingerprint density at radius 1 is 1.25 bits per heavy atom. The van der Waals surface area contributed by atoms with E-state index < -0.39 is 10.0 Å². The number of hydrogen-bond acceptors (Lipinski definition) is 4. The summed E-state index contributed by atoms with van der Waals surface area (Å²) in [5, 5.41) is 0.317. The minimum Gasteiger partial charge on any atom is -0.398 e. The molecule has 1 heterocycles. The topological polar surface area (TPSA) is 85.1 Å². The van der Waals surface area contributed by atoms with Crippen LogP contribution in [0.3, 0.4) is 0 Å². The molecule has 0 amide bonds. The summed E-state index contributed by atoms with van der Waals surface area (Å²) in [6.45, 7) is 1.68. The summed E-state index contributed by atoms with van der Waals surface area (Å²) in [6, 6.07) is 9.96. The van der Waals surface area contributed by atoms with E-state index in [4.69, 9.17) is 17.3 Å². The molecular formula is C13H14ClN3O2S. The van der Waals surface area contributed by atoms with Gasteiger partial charge in [0.2, 0.25) is 10.0 Å². The summed E-state index contributed by atoms with van der Waals surface area (Å²) in [5.74, 6) is -0.193. The highest BCUT2D eigenvalue weighted by Gasteiger charge is 2.15. The van der Waals surface area contributed by atoms with Gasteiger partial charge in [-0.2, -0.15) is 0 Å². The molecule has 0 bridgehead atoms. The van der Waals surface area contributed by atoms with E-state index in [0.29, 0.717) is 27.8 Å². The van der Waals surface area contributed by atoms with Gasteiger partial charge < -0.3 is 5.73 Å². The summed E-state index contributed by atoms with van der Waals surface area (Å²) < 4.78 is 26.7. The minimum absolute atomic E-state index is 0.193. The van der Waals surface area contributed by atoms with Crippen molar-refractivity contribution in [2.75, 3.05) is 10.5 Å². The van der Waals surface area contributed by atoms with Crippen LogP contribution in [0.5, 0.6) is 0 Å². The molecule has 20 heavy (non-hydrogen) atoms. The zero-order valence-electron chi connectivity index (χ0n) is 10.8. The minimum atomic E-state index is -3.56. The maximum atomic E-state index is 12.1. The number of pyridine rings is 1. The number of nitrogens with two attached hydrogens (primary N) is 1. The van der Waals surface area contributed by atoms with E-state index in [1.54, 1.807) is 37.3 Å². The first-order chi connectivity index (χ1) is 9.37. The molecular weight excluding hydrogens is 298 g/mol. The van der Waals surface area contributed by atoms with E-state index in [2.05, 4.69) is 9.71 Å². The molecule has 0 saturated carbocycles. The average Bonchev–Trinajstić information content (AvgIpc) is 2.35. The van der Waals surface area contributed by atoms with Crippen molar-refractivity contribution in [1.29, 1.82) is 0 Å². The molecule has 0 spiro atoms. The largest absolute Gasteiger partial charge is 0.398 e. The van der Waals surface area contributed by atoms with Crippen molar-refractivity contribution >= 4 is 33.0 Å². The van der Waals surface area contributed by atoms with Gasteiger partial charge >= 0.3 is 0 Å². The van der Waals surface area contributed by atoms with Crippen LogP contribution >= 0.6 is 11.6 Å². The Bertz CT molecular complexity index is 732. The summed E-state index contributed by atoms with van der Waals surface area (Å²) in [5.41, 5.74) is 7.67. The zero-order valence-corrected chi connectivity index (χ0v) is 12.4. The van der Waals surface area contributed by atoms with Gasteiger partial charge in [-0.05, 0) is 30.7 Å². The summed E-state index contributed by atoms with van der Waals surface area (Å²) in [7, 11) is -3.56. The van der Waals surface area contributed by atoms with Crippen molar-refractivity contribution in [3.63, 3.8) is 0 Å². The number of rotatable bonds is 4. The van der Waals surface area contributed by atoms with Crippen LogP contribution in [0.4, 0.5) is 11.4 Å². The normalized spacial score (nSPS) is 11.3. The van der Waals surface area contributed by atoms with E-state index in [1.165, 1.54) is 6.07 Å². The lowest BCUT2D eigenvalue weighted by atomic mass is 10.2. The molecule has 106 valence electrons. The molecule has 0 aliphatic carbocycles.